The number of benzene rings is 2. The summed E-state index contributed by atoms with van der Waals surface area (Å²) in [6.45, 7) is 0. The smallest absolute Gasteiger partial charge is 0.273 e. The minimum atomic E-state index is -0.516. The third-order valence-corrected chi connectivity index (χ3v) is 3.76. The summed E-state index contributed by atoms with van der Waals surface area (Å²) in [6.07, 6.45) is 0. The van der Waals surface area contributed by atoms with Gasteiger partial charge in [0, 0.05) is 14.2 Å². The van der Waals surface area contributed by atoms with Crippen molar-refractivity contribution in [3.8, 4) is 5.75 Å². The van der Waals surface area contributed by atoms with E-state index in [1.54, 1.807) is 36.4 Å². The SMILES string of the molecule is COc1ccc(Cl)cc1C(=O)NNC(=O)c1ccc(I)cc1. The summed E-state index contributed by atoms with van der Waals surface area (Å²) in [4.78, 5) is 24.0. The highest BCUT2D eigenvalue weighted by Gasteiger charge is 2.14. The molecule has 0 aliphatic heterocycles. The van der Waals surface area contributed by atoms with Gasteiger partial charge in [0.2, 0.25) is 0 Å². The first-order valence-electron chi connectivity index (χ1n) is 6.21. The molecular weight excluding hydrogens is 419 g/mol. The van der Waals surface area contributed by atoms with Gasteiger partial charge in [-0.1, -0.05) is 11.6 Å². The molecule has 0 heterocycles. The summed E-state index contributed by atoms with van der Waals surface area (Å²) in [5.41, 5.74) is 5.36. The van der Waals surface area contributed by atoms with Crippen LogP contribution >= 0.6 is 34.2 Å². The summed E-state index contributed by atoms with van der Waals surface area (Å²) in [7, 11) is 1.45. The summed E-state index contributed by atoms with van der Waals surface area (Å²) in [5.74, 6) is -0.561. The molecule has 0 aliphatic carbocycles. The average molecular weight is 431 g/mol. The zero-order valence-electron chi connectivity index (χ0n) is 11.5. The molecular formula is C15H12ClIN2O3. The molecule has 2 amide bonds. The Balaban J connectivity index is 2.05. The third kappa shape index (κ3) is 4.11. The van der Waals surface area contributed by atoms with Gasteiger partial charge in [-0.2, -0.15) is 0 Å². The van der Waals surface area contributed by atoms with Crippen LogP contribution in [0.5, 0.6) is 5.75 Å². The molecule has 2 rings (SSSR count). The maximum absolute atomic E-state index is 12.1. The highest BCUT2D eigenvalue weighted by atomic mass is 127. The molecule has 0 spiro atoms. The van der Waals surface area contributed by atoms with Crippen LogP contribution in [0, 0.1) is 3.57 Å². The molecule has 0 saturated carbocycles. The van der Waals surface area contributed by atoms with Crippen molar-refractivity contribution >= 4 is 46.0 Å². The molecule has 0 bridgehead atoms. The van der Waals surface area contributed by atoms with Gasteiger partial charge in [-0.15, -0.1) is 0 Å². The van der Waals surface area contributed by atoms with Gasteiger partial charge in [0.25, 0.3) is 11.8 Å². The molecule has 0 aromatic heterocycles. The Morgan fingerprint density at radius 3 is 2.32 bits per heavy atom. The number of hydrazine groups is 1. The highest BCUT2D eigenvalue weighted by molar-refractivity contribution is 14.1. The Morgan fingerprint density at radius 2 is 1.68 bits per heavy atom. The summed E-state index contributed by atoms with van der Waals surface area (Å²) in [5, 5.41) is 0.398. The Hall–Kier alpha value is -1.80. The Morgan fingerprint density at radius 1 is 1.05 bits per heavy atom. The molecule has 2 N–H and O–H groups in total. The van der Waals surface area contributed by atoms with Crippen molar-refractivity contribution in [2.45, 2.75) is 0 Å². The second kappa shape index (κ2) is 7.46. The van der Waals surface area contributed by atoms with E-state index < -0.39 is 11.8 Å². The Labute approximate surface area is 146 Å². The monoisotopic (exact) mass is 430 g/mol. The number of hydrogen-bond donors (Lipinski definition) is 2. The van der Waals surface area contributed by atoms with Crippen LogP contribution in [0.4, 0.5) is 0 Å². The van der Waals surface area contributed by atoms with Crippen molar-refractivity contribution < 1.29 is 14.3 Å². The van der Waals surface area contributed by atoms with E-state index >= 15 is 0 Å². The second-order valence-electron chi connectivity index (χ2n) is 4.26. The lowest BCUT2D eigenvalue weighted by molar-refractivity contribution is 0.0845. The van der Waals surface area contributed by atoms with Crippen molar-refractivity contribution in [3.63, 3.8) is 0 Å². The maximum atomic E-state index is 12.1. The van der Waals surface area contributed by atoms with Gasteiger partial charge in [0.1, 0.15) is 5.75 Å². The van der Waals surface area contributed by atoms with E-state index in [1.165, 1.54) is 13.2 Å². The number of ether oxygens (including phenoxy) is 1. The number of nitrogens with one attached hydrogen (secondary N) is 2. The van der Waals surface area contributed by atoms with E-state index in [2.05, 4.69) is 33.4 Å². The lowest BCUT2D eigenvalue weighted by Gasteiger charge is -2.10. The second-order valence-corrected chi connectivity index (χ2v) is 5.94. The predicted octanol–water partition coefficient (Wildman–Crippen LogP) is 3.03. The van der Waals surface area contributed by atoms with Gasteiger partial charge in [-0.25, -0.2) is 0 Å². The minimum absolute atomic E-state index is 0.234. The van der Waals surface area contributed by atoms with E-state index in [9.17, 15) is 9.59 Å². The van der Waals surface area contributed by atoms with Crippen LogP contribution in [-0.2, 0) is 0 Å². The number of rotatable bonds is 3. The molecule has 0 fully saturated rings. The minimum Gasteiger partial charge on any atom is -0.496 e. The van der Waals surface area contributed by atoms with Crippen molar-refractivity contribution in [2.75, 3.05) is 7.11 Å². The van der Waals surface area contributed by atoms with Crippen LogP contribution in [0.15, 0.2) is 42.5 Å². The average Bonchev–Trinajstić information content (AvgIpc) is 2.53. The fourth-order valence-electron chi connectivity index (χ4n) is 1.71. The highest BCUT2D eigenvalue weighted by Crippen LogP contribution is 2.22. The topological polar surface area (TPSA) is 67.4 Å². The molecule has 2 aromatic carbocycles. The first-order valence-corrected chi connectivity index (χ1v) is 7.66. The normalized spacial score (nSPS) is 9.95. The van der Waals surface area contributed by atoms with E-state index in [-0.39, 0.29) is 5.56 Å². The molecule has 0 saturated heterocycles. The first kappa shape index (κ1) is 16.6. The van der Waals surface area contributed by atoms with Crippen molar-refractivity contribution in [1.29, 1.82) is 0 Å². The van der Waals surface area contributed by atoms with Crippen molar-refractivity contribution in [1.82, 2.24) is 10.9 Å². The van der Waals surface area contributed by atoms with Gasteiger partial charge in [0.15, 0.2) is 0 Å². The van der Waals surface area contributed by atoms with Gasteiger partial charge < -0.3 is 4.74 Å². The van der Waals surface area contributed by atoms with E-state index in [4.69, 9.17) is 16.3 Å². The third-order valence-electron chi connectivity index (χ3n) is 2.80. The molecule has 22 heavy (non-hydrogen) atoms. The lowest BCUT2D eigenvalue weighted by atomic mass is 10.2. The van der Waals surface area contributed by atoms with Crippen LogP contribution in [0.2, 0.25) is 5.02 Å². The number of carbonyl (C=O) groups excluding carboxylic acids is 2. The van der Waals surface area contributed by atoms with Crippen LogP contribution < -0.4 is 15.6 Å². The molecule has 114 valence electrons. The fourth-order valence-corrected chi connectivity index (χ4v) is 2.24. The fraction of sp³-hybridized carbons (Fsp3) is 0.0667. The molecule has 0 radical (unpaired) electrons. The Kier molecular flexibility index (Phi) is 5.62. The van der Waals surface area contributed by atoms with Crippen molar-refractivity contribution in [2.24, 2.45) is 0 Å². The predicted molar refractivity (Wildman–Crippen MR) is 92.1 cm³/mol. The van der Waals surface area contributed by atoms with Crippen LogP contribution in [0.3, 0.4) is 0 Å². The zero-order valence-corrected chi connectivity index (χ0v) is 14.4. The molecule has 0 atom stereocenters. The Bertz CT molecular complexity index is 704. The number of amides is 2. The van der Waals surface area contributed by atoms with Crippen molar-refractivity contribution in [3.05, 3.63) is 62.2 Å². The molecule has 0 unspecified atom stereocenters. The van der Waals surface area contributed by atoms with Crippen LogP contribution in [0.1, 0.15) is 20.7 Å². The quantitative estimate of drug-likeness (QED) is 0.581. The van der Waals surface area contributed by atoms with Crippen LogP contribution in [0.25, 0.3) is 0 Å². The molecule has 7 heteroatoms. The van der Waals surface area contributed by atoms with E-state index in [0.717, 1.165) is 3.57 Å². The van der Waals surface area contributed by atoms with Gasteiger partial charge in [0.05, 0.1) is 12.7 Å². The number of methoxy groups -OCH3 is 1. The summed E-state index contributed by atoms with van der Waals surface area (Å²) >= 11 is 8.01. The molecule has 0 aliphatic rings. The first-order chi connectivity index (χ1) is 10.5. The van der Waals surface area contributed by atoms with E-state index in [0.29, 0.717) is 16.3 Å². The summed E-state index contributed by atoms with van der Waals surface area (Å²) < 4.78 is 6.11. The molecule has 2 aromatic rings. The largest absolute Gasteiger partial charge is 0.496 e. The van der Waals surface area contributed by atoms with E-state index in [1.807, 2.05) is 0 Å². The van der Waals surface area contributed by atoms with Gasteiger partial charge in [-0.05, 0) is 65.1 Å². The summed E-state index contributed by atoms with van der Waals surface area (Å²) in [6, 6.07) is 11.6. The van der Waals surface area contributed by atoms with Gasteiger partial charge >= 0.3 is 0 Å². The lowest BCUT2D eigenvalue weighted by Crippen LogP contribution is -2.41. The number of hydrogen-bond acceptors (Lipinski definition) is 3. The molecule has 5 nitrogen and oxygen atoms in total. The van der Waals surface area contributed by atoms with Gasteiger partial charge in [-0.3, -0.25) is 20.4 Å². The standard InChI is InChI=1S/C15H12ClIN2O3/c1-22-13-7-4-10(16)8-12(13)15(21)19-18-14(20)9-2-5-11(17)6-3-9/h2-8H,1H3,(H,18,20)(H,19,21). The number of halogens is 2. The number of carbonyl (C=O) groups is 2. The van der Waals surface area contributed by atoms with Crippen LogP contribution in [-0.4, -0.2) is 18.9 Å². The zero-order chi connectivity index (χ0) is 16.1. The maximum Gasteiger partial charge on any atom is 0.273 e.